The van der Waals surface area contributed by atoms with Gasteiger partial charge >= 0.3 is 29.8 Å². The number of ether oxygens (including phenoxy) is 2. The number of rotatable bonds is 15. The van der Waals surface area contributed by atoms with Crippen LogP contribution >= 0.6 is 21.6 Å². The summed E-state index contributed by atoms with van der Waals surface area (Å²) in [5.74, 6) is -5.37. The van der Waals surface area contributed by atoms with Gasteiger partial charge in [0.25, 0.3) is 17.3 Å². The number of hydrogen-bond donors (Lipinski definition) is 3. The average molecular weight is 740 g/mol. The van der Waals surface area contributed by atoms with Crippen molar-refractivity contribution in [2.24, 2.45) is 0 Å². The highest BCUT2D eigenvalue weighted by atomic mass is 33.1. The molecular weight excluding hydrogens is 712 g/mol. The van der Waals surface area contributed by atoms with Gasteiger partial charge in [-0.2, -0.15) is 0 Å². The van der Waals surface area contributed by atoms with Crippen molar-refractivity contribution in [3.63, 3.8) is 0 Å². The molecule has 3 N–H and O–H groups in total. The van der Waals surface area contributed by atoms with Crippen LogP contribution in [0.5, 0.6) is 0 Å². The summed E-state index contributed by atoms with van der Waals surface area (Å²) in [6.45, 7) is -1.12. The van der Waals surface area contributed by atoms with Crippen LogP contribution in [0.25, 0.3) is 0 Å². The molecule has 50 heavy (non-hydrogen) atoms. The van der Waals surface area contributed by atoms with E-state index in [4.69, 9.17) is 19.1 Å². The number of amides is 2. The fourth-order valence-corrected chi connectivity index (χ4v) is 6.38. The van der Waals surface area contributed by atoms with E-state index in [-0.39, 0.29) is 25.7 Å². The minimum absolute atomic E-state index is 0.0181. The summed E-state index contributed by atoms with van der Waals surface area (Å²) in [4.78, 5) is 104. The number of aliphatic hydroxyl groups excluding tert-OH is 2. The first kappa shape index (κ1) is 37.7. The Labute approximate surface area is 288 Å². The van der Waals surface area contributed by atoms with Crippen LogP contribution in [0.15, 0.2) is 46.2 Å². The van der Waals surface area contributed by atoms with Gasteiger partial charge in [-0.05, 0) is 24.3 Å². The Morgan fingerprint density at radius 3 is 1.78 bits per heavy atom. The van der Waals surface area contributed by atoms with E-state index in [1.54, 1.807) is 0 Å². The molecule has 2 aromatic carbocycles. The predicted molar refractivity (Wildman–Crippen MR) is 163 cm³/mol. The molecule has 266 valence electrons. The average Bonchev–Trinajstić information content (AvgIpc) is 3.57. The smallest absolute Gasteiger partial charge is 0.370 e. The Morgan fingerprint density at radius 2 is 1.34 bits per heavy atom. The first-order valence-corrected chi connectivity index (χ1v) is 16.7. The summed E-state index contributed by atoms with van der Waals surface area (Å²) in [5, 5.41) is 42.6. The number of carbonyl (C=O) groups excluding carboxylic acids is 6. The van der Waals surface area contributed by atoms with E-state index in [0.29, 0.717) is 14.9 Å². The molecule has 0 saturated carbocycles. The first-order chi connectivity index (χ1) is 23.7. The molecule has 20 nitrogen and oxygen atoms in total. The van der Waals surface area contributed by atoms with Crippen molar-refractivity contribution in [1.82, 2.24) is 5.06 Å². The number of nitrogens with zero attached hydrogens (tertiary/aromatic N) is 3. The Balaban J connectivity index is 1.35. The number of benzene rings is 2. The van der Waals surface area contributed by atoms with Gasteiger partial charge in [-0.25, -0.2) is 24.0 Å². The Morgan fingerprint density at radius 1 is 0.820 bits per heavy atom. The molecule has 2 unspecified atom stereocenters. The Hall–Kier alpha value is -5.16. The van der Waals surface area contributed by atoms with E-state index in [0.717, 1.165) is 45.9 Å². The maximum absolute atomic E-state index is 12.7. The van der Waals surface area contributed by atoms with E-state index in [1.807, 2.05) is 0 Å². The lowest BCUT2D eigenvalue weighted by Crippen LogP contribution is -3.15. The topological polar surface area (TPSA) is 274 Å². The number of nitrogens with one attached hydrogen (secondary N) is 1. The van der Waals surface area contributed by atoms with Crippen molar-refractivity contribution in [2.75, 3.05) is 13.2 Å². The number of nitro benzene ring substituents is 2. The normalized spacial score (nSPS) is 18.4. The number of carbonyl (C=O) groups is 6. The molecule has 0 bridgehead atoms. The lowest BCUT2D eigenvalue weighted by Gasteiger charge is -2.18. The molecule has 0 aromatic heterocycles. The van der Waals surface area contributed by atoms with Gasteiger partial charge in [-0.1, -0.05) is 26.7 Å². The van der Waals surface area contributed by atoms with Crippen LogP contribution in [-0.4, -0.2) is 86.5 Å². The Bertz CT molecular complexity index is 1600. The zero-order valence-electron chi connectivity index (χ0n) is 25.5. The highest BCUT2D eigenvalue weighted by molar-refractivity contribution is 8.76. The number of quaternary nitrogens is 1. The highest BCUT2D eigenvalue weighted by Gasteiger charge is 2.39. The zero-order valence-corrected chi connectivity index (χ0v) is 27.2. The van der Waals surface area contributed by atoms with Gasteiger partial charge in [0.15, 0.2) is 6.23 Å². The molecule has 0 radical (unpaired) electrons. The molecule has 4 rings (SSSR count). The summed E-state index contributed by atoms with van der Waals surface area (Å²) < 4.78 is 10.00. The van der Waals surface area contributed by atoms with Gasteiger partial charge < -0.3 is 24.5 Å². The van der Waals surface area contributed by atoms with Gasteiger partial charge in [-0.15, -0.1) is 5.06 Å². The fourth-order valence-electron chi connectivity index (χ4n) is 4.41. The number of esters is 2. The maximum atomic E-state index is 12.7. The second kappa shape index (κ2) is 17.0. The molecule has 2 aliphatic rings. The largest absolute Gasteiger partial charge is 0.461 e. The fraction of sp³-hybridized carbons (Fsp3) is 0.357. The van der Waals surface area contributed by atoms with Gasteiger partial charge in [-0.3, -0.25) is 29.9 Å². The zero-order chi connectivity index (χ0) is 36.5. The summed E-state index contributed by atoms with van der Waals surface area (Å²) in [5.41, 5.74) is -2.13. The number of hydrogen-bond acceptors (Lipinski definition) is 18. The molecule has 2 fully saturated rings. The lowest BCUT2D eigenvalue weighted by atomic mass is 10.2. The van der Waals surface area contributed by atoms with E-state index >= 15 is 0 Å². The van der Waals surface area contributed by atoms with Crippen molar-refractivity contribution in [2.45, 2.75) is 60.8 Å². The molecule has 3 atom stereocenters. The van der Waals surface area contributed by atoms with Crippen LogP contribution in [-0.2, 0) is 38.3 Å². The lowest BCUT2D eigenvalue weighted by molar-refractivity contribution is -1.04. The summed E-state index contributed by atoms with van der Waals surface area (Å²) >= 11 is 0. The highest BCUT2D eigenvalue weighted by Crippen LogP contribution is 2.40. The molecular formula is C28H27N4O16S2+. The van der Waals surface area contributed by atoms with Crippen LogP contribution < -0.4 is 5.06 Å². The van der Waals surface area contributed by atoms with Gasteiger partial charge in [0.1, 0.15) is 24.3 Å². The molecule has 2 aliphatic heterocycles. The molecule has 22 heteroatoms. The van der Waals surface area contributed by atoms with Crippen molar-refractivity contribution in [3.8, 4) is 0 Å². The van der Waals surface area contributed by atoms with Gasteiger partial charge in [0, 0.05) is 41.2 Å². The van der Waals surface area contributed by atoms with Crippen LogP contribution in [0.1, 0.15) is 59.2 Å². The van der Waals surface area contributed by atoms with Crippen molar-refractivity contribution in [3.05, 3.63) is 67.8 Å². The maximum Gasteiger partial charge on any atom is 0.370 e. The number of aliphatic hydroxyl groups is 2. The SMILES string of the molecule is O=C(CCOC(=O)c1cc(SSc2ccc([N+](=O)[O-])c(C(=O)OCCC(=O)O[NH+]3C(=O)CC[C@@H]3O)c2)ccc1[N+](=O)[O-])ON1C(=O)CCC1O. The standard InChI is InChI=1S/C28H26N4O16S2/c33-21-5-6-22(34)29(21)47-25(37)9-11-45-27(39)17-13-15(1-3-19(17)31(41)42)49-50-16-2-4-20(32(43)44)18(14-16)28(40)46-12-10-26(38)48-30-23(35)7-8-24(30)36/h1-4,13-14,21,23,33,35H,5-12H2/p+1/t21-,23?/m0/s1. The summed E-state index contributed by atoms with van der Waals surface area (Å²) in [6.07, 6.45) is -3.35. The third-order valence-corrected chi connectivity index (χ3v) is 9.24. The molecule has 2 amide bonds. The summed E-state index contributed by atoms with van der Waals surface area (Å²) in [7, 11) is 1.92. The van der Waals surface area contributed by atoms with Gasteiger partial charge in [0.2, 0.25) is 6.23 Å². The Kier molecular flexibility index (Phi) is 12.8. The summed E-state index contributed by atoms with van der Waals surface area (Å²) in [6, 6.07) is 7.01. The third-order valence-electron chi connectivity index (χ3n) is 6.86. The minimum atomic E-state index is -1.30. The van der Waals surface area contributed by atoms with Crippen LogP contribution in [0.4, 0.5) is 11.4 Å². The van der Waals surface area contributed by atoms with E-state index in [9.17, 15) is 59.2 Å². The van der Waals surface area contributed by atoms with Crippen molar-refractivity contribution in [1.29, 1.82) is 0 Å². The number of nitro groups is 2. The van der Waals surface area contributed by atoms with Gasteiger partial charge in [0.05, 0.1) is 29.1 Å². The second-order valence-corrected chi connectivity index (χ2v) is 12.6. The quantitative estimate of drug-likeness (QED) is 0.0748. The van der Waals surface area contributed by atoms with Crippen molar-refractivity contribution < 1.29 is 73.0 Å². The molecule has 2 aromatic rings. The monoisotopic (exact) mass is 739 g/mol. The first-order valence-electron chi connectivity index (χ1n) is 14.5. The molecule has 0 spiro atoms. The second-order valence-electron chi connectivity index (χ2n) is 10.3. The van der Waals surface area contributed by atoms with Crippen LogP contribution in [0, 0.1) is 20.2 Å². The predicted octanol–water partition coefficient (Wildman–Crippen LogP) is 0.777. The van der Waals surface area contributed by atoms with Crippen LogP contribution in [0.3, 0.4) is 0 Å². The van der Waals surface area contributed by atoms with E-state index in [2.05, 4.69) is 0 Å². The minimum Gasteiger partial charge on any atom is -0.461 e. The third kappa shape index (κ3) is 9.72. The van der Waals surface area contributed by atoms with Crippen LogP contribution in [0.2, 0.25) is 0 Å². The van der Waals surface area contributed by atoms with E-state index in [1.165, 1.54) is 12.1 Å². The molecule has 2 saturated heterocycles. The number of hydroxylamine groups is 4. The molecule has 2 heterocycles. The molecule has 0 aliphatic carbocycles. The van der Waals surface area contributed by atoms with E-state index < -0.39 is 112 Å². The van der Waals surface area contributed by atoms with Crippen molar-refractivity contribution >= 4 is 68.7 Å².